The molecule has 3 aromatic rings. The van der Waals surface area contributed by atoms with E-state index in [2.05, 4.69) is 14.8 Å². The van der Waals surface area contributed by atoms with Crippen LogP contribution in [-0.4, -0.2) is 16.1 Å². The summed E-state index contributed by atoms with van der Waals surface area (Å²) in [4.78, 5) is 11.7. The van der Waals surface area contributed by atoms with E-state index in [0.717, 1.165) is 37.8 Å². The molecule has 6 heteroatoms. The third kappa shape index (κ3) is 4.62. The standard InChI is InChI=1S/C19H19FN2O3/c20-16-9-6-5-8-15(16)19-13-14(21-25-19)7-3-1-2-4-10-18(23)17-11-12-24-22-17/h5-6,8-9,11-13H,1-4,7,10H2. The average Bonchev–Trinajstić information content (AvgIpc) is 3.30. The van der Waals surface area contributed by atoms with E-state index >= 15 is 0 Å². The lowest BCUT2D eigenvalue weighted by Gasteiger charge is -1.99. The smallest absolute Gasteiger partial charge is 0.184 e. The number of aryl methyl sites for hydroxylation is 1. The normalized spacial score (nSPS) is 10.9. The van der Waals surface area contributed by atoms with E-state index in [1.807, 2.05) is 0 Å². The van der Waals surface area contributed by atoms with E-state index in [1.165, 1.54) is 12.3 Å². The van der Waals surface area contributed by atoms with Crippen molar-refractivity contribution in [3.8, 4) is 11.3 Å². The van der Waals surface area contributed by atoms with Gasteiger partial charge in [-0.05, 0) is 31.4 Å². The van der Waals surface area contributed by atoms with Crippen molar-refractivity contribution in [3.63, 3.8) is 0 Å². The van der Waals surface area contributed by atoms with Crippen molar-refractivity contribution >= 4 is 5.78 Å². The summed E-state index contributed by atoms with van der Waals surface area (Å²) in [7, 11) is 0. The first kappa shape index (κ1) is 17.1. The molecular formula is C19H19FN2O3. The van der Waals surface area contributed by atoms with Crippen LogP contribution in [0.25, 0.3) is 11.3 Å². The maximum Gasteiger partial charge on any atom is 0.184 e. The van der Waals surface area contributed by atoms with Crippen LogP contribution in [0, 0.1) is 5.82 Å². The fourth-order valence-corrected chi connectivity index (χ4v) is 2.65. The molecule has 0 saturated heterocycles. The van der Waals surface area contributed by atoms with Gasteiger partial charge in [0.15, 0.2) is 11.5 Å². The Balaban J connectivity index is 1.37. The molecule has 0 fully saturated rings. The molecule has 130 valence electrons. The van der Waals surface area contributed by atoms with Gasteiger partial charge in [-0.2, -0.15) is 0 Å². The second-order valence-electron chi connectivity index (χ2n) is 5.88. The van der Waals surface area contributed by atoms with Crippen molar-refractivity contribution in [1.29, 1.82) is 0 Å². The number of unbranched alkanes of at least 4 members (excludes halogenated alkanes) is 3. The molecule has 1 aromatic carbocycles. The monoisotopic (exact) mass is 342 g/mol. The Hall–Kier alpha value is -2.76. The van der Waals surface area contributed by atoms with Crippen molar-refractivity contribution in [2.24, 2.45) is 0 Å². The molecule has 0 saturated carbocycles. The van der Waals surface area contributed by atoms with Crippen LogP contribution in [0.15, 0.2) is 51.7 Å². The van der Waals surface area contributed by atoms with Crippen LogP contribution in [0.1, 0.15) is 48.3 Å². The number of carbonyl (C=O) groups is 1. The Labute approximate surface area is 144 Å². The van der Waals surface area contributed by atoms with Crippen molar-refractivity contribution in [3.05, 3.63) is 59.9 Å². The highest BCUT2D eigenvalue weighted by Gasteiger charge is 2.11. The number of hydrogen-bond donors (Lipinski definition) is 0. The first-order valence-corrected chi connectivity index (χ1v) is 8.38. The topological polar surface area (TPSA) is 69.1 Å². The Bertz CT molecular complexity index is 812. The largest absolute Gasteiger partial charge is 0.364 e. The summed E-state index contributed by atoms with van der Waals surface area (Å²) in [6.07, 6.45) is 6.38. The molecule has 0 aliphatic heterocycles. The van der Waals surface area contributed by atoms with Gasteiger partial charge in [-0.3, -0.25) is 4.79 Å². The highest BCUT2D eigenvalue weighted by atomic mass is 19.1. The summed E-state index contributed by atoms with van der Waals surface area (Å²) >= 11 is 0. The lowest BCUT2D eigenvalue weighted by Crippen LogP contribution is -1.98. The van der Waals surface area contributed by atoms with Gasteiger partial charge in [-0.25, -0.2) is 4.39 Å². The lowest BCUT2D eigenvalue weighted by molar-refractivity contribution is 0.0970. The van der Waals surface area contributed by atoms with Gasteiger partial charge in [-0.15, -0.1) is 0 Å². The first-order valence-electron chi connectivity index (χ1n) is 8.38. The van der Waals surface area contributed by atoms with Gasteiger partial charge < -0.3 is 9.05 Å². The van der Waals surface area contributed by atoms with E-state index in [1.54, 1.807) is 30.3 Å². The molecule has 0 aliphatic rings. The summed E-state index contributed by atoms with van der Waals surface area (Å²) in [6.45, 7) is 0. The molecule has 2 aromatic heterocycles. The summed E-state index contributed by atoms with van der Waals surface area (Å²) in [5.41, 5.74) is 1.63. The number of benzene rings is 1. The van der Waals surface area contributed by atoms with Crippen LogP contribution >= 0.6 is 0 Å². The fraction of sp³-hybridized carbons (Fsp3) is 0.316. The third-order valence-corrected chi connectivity index (χ3v) is 4.01. The van der Waals surface area contributed by atoms with Gasteiger partial charge in [0.1, 0.15) is 17.8 Å². The number of aromatic nitrogens is 2. The fourth-order valence-electron chi connectivity index (χ4n) is 2.65. The molecule has 0 aliphatic carbocycles. The lowest BCUT2D eigenvalue weighted by atomic mass is 10.1. The molecule has 2 heterocycles. The van der Waals surface area contributed by atoms with Crippen LogP contribution < -0.4 is 0 Å². The zero-order valence-corrected chi connectivity index (χ0v) is 13.8. The predicted octanol–water partition coefficient (Wildman–Crippen LogP) is 4.84. The van der Waals surface area contributed by atoms with Crippen molar-refractivity contribution in [2.75, 3.05) is 0 Å². The van der Waals surface area contributed by atoms with Gasteiger partial charge in [0.2, 0.25) is 0 Å². The summed E-state index contributed by atoms with van der Waals surface area (Å²) in [6, 6.07) is 9.85. The number of halogens is 1. The molecule has 0 radical (unpaired) electrons. The molecule has 0 N–H and O–H groups in total. The second-order valence-corrected chi connectivity index (χ2v) is 5.88. The maximum atomic E-state index is 13.7. The minimum absolute atomic E-state index is 0.0137. The number of nitrogens with zero attached hydrogens (tertiary/aromatic N) is 2. The van der Waals surface area contributed by atoms with Crippen molar-refractivity contribution in [1.82, 2.24) is 10.3 Å². The summed E-state index contributed by atoms with van der Waals surface area (Å²) in [5, 5.41) is 7.63. The number of hydrogen-bond acceptors (Lipinski definition) is 5. The first-order chi connectivity index (χ1) is 12.2. The minimum Gasteiger partial charge on any atom is -0.364 e. The van der Waals surface area contributed by atoms with E-state index < -0.39 is 0 Å². The van der Waals surface area contributed by atoms with Gasteiger partial charge in [0, 0.05) is 18.6 Å². The molecule has 25 heavy (non-hydrogen) atoms. The van der Waals surface area contributed by atoms with Crippen LogP contribution in [0.4, 0.5) is 4.39 Å². The number of rotatable bonds is 9. The Morgan fingerprint density at radius 3 is 2.68 bits per heavy atom. The van der Waals surface area contributed by atoms with Crippen LogP contribution in [0.3, 0.4) is 0 Å². The molecule has 0 amide bonds. The maximum absolute atomic E-state index is 13.7. The van der Waals surface area contributed by atoms with Crippen molar-refractivity contribution < 1.29 is 18.2 Å². The van der Waals surface area contributed by atoms with Crippen molar-refractivity contribution in [2.45, 2.75) is 38.5 Å². The Kier molecular flexibility index (Phi) is 5.72. The molecule has 3 rings (SSSR count). The molecule has 5 nitrogen and oxygen atoms in total. The summed E-state index contributed by atoms with van der Waals surface area (Å²) in [5.74, 6) is 0.146. The number of Topliss-reactive ketones (excluding diaryl/α,β-unsaturated/α-hetero) is 1. The van der Waals surface area contributed by atoms with E-state index in [4.69, 9.17) is 4.52 Å². The van der Waals surface area contributed by atoms with Gasteiger partial charge in [-0.1, -0.05) is 35.3 Å². The van der Waals surface area contributed by atoms with E-state index in [0.29, 0.717) is 23.4 Å². The molecular weight excluding hydrogens is 323 g/mol. The number of carbonyl (C=O) groups excluding carboxylic acids is 1. The quantitative estimate of drug-likeness (QED) is 0.411. The third-order valence-electron chi connectivity index (χ3n) is 4.01. The van der Waals surface area contributed by atoms with Crippen LogP contribution in [0.5, 0.6) is 0 Å². The minimum atomic E-state index is -0.318. The Morgan fingerprint density at radius 2 is 1.88 bits per heavy atom. The van der Waals surface area contributed by atoms with Crippen LogP contribution in [-0.2, 0) is 6.42 Å². The van der Waals surface area contributed by atoms with Gasteiger partial charge in [0.25, 0.3) is 0 Å². The second kappa shape index (κ2) is 8.37. The van der Waals surface area contributed by atoms with Crippen LogP contribution in [0.2, 0.25) is 0 Å². The number of ketones is 1. The zero-order chi connectivity index (χ0) is 17.5. The zero-order valence-electron chi connectivity index (χ0n) is 13.8. The molecule has 0 spiro atoms. The molecule has 0 atom stereocenters. The Morgan fingerprint density at radius 1 is 1.04 bits per heavy atom. The molecule has 0 unspecified atom stereocenters. The van der Waals surface area contributed by atoms with Gasteiger partial charge in [0.05, 0.1) is 11.3 Å². The van der Waals surface area contributed by atoms with E-state index in [9.17, 15) is 9.18 Å². The molecule has 0 bridgehead atoms. The predicted molar refractivity (Wildman–Crippen MR) is 89.5 cm³/mol. The summed E-state index contributed by atoms with van der Waals surface area (Å²) < 4.78 is 23.6. The highest BCUT2D eigenvalue weighted by molar-refractivity contribution is 5.93. The van der Waals surface area contributed by atoms with E-state index in [-0.39, 0.29) is 11.6 Å². The van der Waals surface area contributed by atoms with Gasteiger partial charge >= 0.3 is 0 Å². The average molecular weight is 342 g/mol. The highest BCUT2D eigenvalue weighted by Crippen LogP contribution is 2.23. The SMILES string of the molecule is O=C(CCCCCCc1cc(-c2ccccc2F)on1)c1ccon1.